The number of anilines is 1. The summed E-state index contributed by atoms with van der Waals surface area (Å²) in [4.78, 5) is 26.0. The van der Waals surface area contributed by atoms with Gasteiger partial charge in [-0.2, -0.15) is 4.31 Å². The number of carbonyl (C=O) groups is 2. The van der Waals surface area contributed by atoms with Crippen molar-refractivity contribution in [2.75, 3.05) is 38.7 Å². The Morgan fingerprint density at radius 2 is 1.84 bits per heavy atom. The third kappa shape index (κ3) is 5.43. The lowest BCUT2D eigenvalue weighted by Gasteiger charge is -2.26. The Labute approximate surface area is 186 Å². The van der Waals surface area contributed by atoms with E-state index >= 15 is 0 Å². The van der Waals surface area contributed by atoms with Crippen LogP contribution in [0, 0.1) is 0 Å². The summed E-state index contributed by atoms with van der Waals surface area (Å²) < 4.78 is 32.4. The van der Waals surface area contributed by atoms with E-state index in [0.29, 0.717) is 25.4 Å². The standard InChI is InChI=1S/C21H24ClN3O5S/c1-15(26)24(2)14-16-5-3-4-6-20(16)23-21(27)18-13-17(7-8-19(18)22)31(28,29)25-9-11-30-12-10-25/h3-8,13H,9-12,14H2,1-2H3,(H,23,27). The molecule has 3 rings (SSSR count). The van der Waals surface area contributed by atoms with Crippen molar-refractivity contribution in [1.29, 1.82) is 0 Å². The molecule has 2 aromatic rings. The number of amides is 2. The molecule has 0 aliphatic carbocycles. The van der Waals surface area contributed by atoms with E-state index in [0.717, 1.165) is 5.56 Å². The lowest BCUT2D eigenvalue weighted by molar-refractivity contribution is -0.128. The molecule has 1 heterocycles. The number of benzene rings is 2. The maximum atomic E-state index is 13.0. The van der Waals surface area contributed by atoms with Crippen LogP contribution in [0.3, 0.4) is 0 Å². The lowest BCUT2D eigenvalue weighted by atomic mass is 10.1. The van der Waals surface area contributed by atoms with Gasteiger partial charge in [-0.05, 0) is 29.8 Å². The average Bonchev–Trinajstić information content (AvgIpc) is 2.75. The largest absolute Gasteiger partial charge is 0.379 e. The second-order valence-corrected chi connectivity index (χ2v) is 9.49. The Hall–Kier alpha value is -2.46. The van der Waals surface area contributed by atoms with Crippen LogP contribution in [0.15, 0.2) is 47.4 Å². The normalized spacial score (nSPS) is 14.8. The Morgan fingerprint density at radius 1 is 1.16 bits per heavy atom. The van der Waals surface area contributed by atoms with E-state index in [9.17, 15) is 18.0 Å². The second-order valence-electron chi connectivity index (χ2n) is 7.14. The first-order valence-electron chi connectivity index (χ1n) is 9.68. The highest BCUT2D eigenvalue weighted by atomic mass is 35.5. The molecule has 0 saturated carbocycles. The van der Waals surface area contributed by atoms with E-state index in [1.54, 1.807) is 25.2 Å². The molecule has 1 fully saturated rings. The van der Waals surface area contributed by atoms with Gasteiger partial charge in [0.15, 0.2) is 0 Å². The van der Waals surface area contributed by atoms with Crippen LogP contribution in [0.2, 0.25) is 5.02 Å². The van der Waals surface area contributed by atoms with Crippen LogP contribution in [0.1, 0.15) is 22.8 Å². The van der Waals surface area contributed by atoms with Gasteiger partial charge in [0, 0.05) is 39.3 Å². The van der Waals surface area contributed by atoms with Gasteiger partial charge >= 0.3 is 0 Å². The minimum Gasteiger partial charge on any atom is -0.379 e. The summed E-state index contributed by atoms with van der Waals surface area (Å²) in [7, 11) is -2.11. The van der Waals surface area contributed by atoms with Gasteiger partial charge in [-0.1, -0.05) is 29.8 Å². The molecule has 2 aromatic carbocycles. The van der Waals surface area contributed by atoms with Gasteiger partial charge in [0.2, 0.25) is 15.9 Å². The minimum absolute atomic E-state index is 0.00597. The van der Waals surface area contributed by atoms with Gasteiger partial charge in [-0.3, -0.25) is 9.59 Å². The van der Waals surface area contributed by atoms with Crippen molar-refractivity contribution >= 4 is 39.1 Å². The molecule has 31 heavy (non-hydrogen) atoms. The summed E-state index contributed by atoms with van der Waals surface area (Å²) in [6.45, 7) is 2.93. The van der Waals surface area contributed by atoms with E-state index in [1.807, 2.05) is 6.07 Å². The zero-order valence-electron chi connectivity index (χ0n) is 17.3. The average molecular weight is 466 g/mol. The third-order valence-corrected chi connectivity index (χ3v) is 7.23. The highest BCUT2D eigenvalue weighted by molar-refractivity contribution is 7.89. The number of nitrogens with zero attached hydrogens (tertiary/aromatic N) is 2. The smallest absolute Gasteiger partial charge is 0.257 e. The molecule has 2 amide bonds. The van der Waals surface area contributed by atoms with Crippen molar-refractivity contribution in [3.8, 4) is 0 Å². The van der Waals surface area contributed by atoms with Crippen molar-refractivity contribution < 1.29 is 22.7 Å². The molecule has 0 radical (unpaired) electrons. The van der Waals surface area contributed by atoms with Gasteiger partial charge in [-0.15, -0.1) is 0 Å². The van der Waals surface area contributed by atoms with Gasteiger partial charge in [0.05, 0.1) is 28.7 Å². The van der Waals surface area contributed by atoms with E-state index in [1.165, 1.54) is 34.3 Å². The zero-order valence-corrected chi connectivity index (χ0v) is 18.9. The monoisotopic (exact) mass is 465 g/mol. The maximum Gasteiger partial charge on any atom is 0.257 e. The fourth-order valence-corrected chi connectivity index (χ4v) is 4.75. The van der Waals surface area contributed by atoms with Crippen LogP contribution < -0.4 is 5.32 Å². The number of rotatable bonds is 6. The first-order chi connectivity index (χ1) is 14.7. The van der Waals surface area contributed by atoms with Crippen LogP contribution in [0.25, 0.3) is 0 Å². The molecule has 10 heteroatoms. The topological polar surface area (TPSA) is 96.0 Å². The Morgan fingerprint density at radius 3 is 2.52 bits per heavy atom. The van der Waals surface area contributed by atoms with Gasteiger partial charge in [0.25, 0.3) is 5.91 Å². The molecule has 1 aliphatic heterocycles. The van der Waals surface area contributed by atoms with Crippen LogP contribution in [-0.2, 0) is 26.1 Å². The minimum atomic E-state index is -3.77. The molecule has 0 atom stereocenters. The highest BCUT2D eigenvalue weighted by Gasteiger charge is 2.27. The van der Waals surface area contributed by atoms with Crippen molar-refractivity contribution in [3.05, 3.63) is 58.6 Å². The number of morpholine rings is 1. The van der Waals surface area contributed by atoms with Crippen LogP contribution >= 0.6 is 11.6 Å². The van der Waals surface area contributed by atoms with E-state index in [4.69, 9.17) is 16.3 Å². The van der Waals surface area contributed by atoms with Crippen LogP contribution in [0.5, 0.6) is 0 Å². The van der Waals surface area contributed by atoms with Crippen LogP contribution in [0.4, 0.5) is 5.69 Å². The molecule has 0 spiro atoms. The number of nitrogens with one attached hydrogen (secondary N) is 1. The lowest BCUT2D eigenvalue weighted by Crippen LogP contribution is -2.40. The van der Waals surface area contributed by atoms with Crippen molar-refractivity contribution in [1.82, 2.24) is 9.21 Å². The van der Waals surface area contributed by atoms with Gasteiger partial charge < -0.3 is 15.0 Å². The quantitative estimate of drug-likeness (QED) is 0.707. The molecule has 1 saturated heterocycles. The summed E-state index contributed by atoms with van der Waals surface area (Å²) in [6.07, 6.45) is 0. The Balaban J connectivity index is 1.86. The number of carbonyl (C=O) groups excluding carboxylic acids is 2. The second kappa shape index (κ2) is 9.78. The summed E-state index contributed by atoms with van der Waals surface area (Å²) in [6, 6.07) is 11.2. The Bertz CT molecular complexity index is 1080. The fourth-order valence-electron chi connectivity index (χ4n) is 3.11. The number of hydrogen-bond acceptors (Lipinski definition) is 5. The molecule has 0 aromatic heterocycles. The highest BCUT2D eigenvalue weighted by Crippen LogP contribution is 2.25. The fraction of sp³-hybridized carbons (Fsp3) is 0.333. The first kappa shape index (κ1) is 23.2. The SMILES string of the molecule is CC(=O)N(C)Cc1ccccc1NC(=O)c1cc(S(=O)(=O)N2CCOCC2)ccc1Cl. The molecule has 0 unspecified atom stereocenters. The summed E-state index contributed by atoms with van der Waals surface area (Å²) >= 11 is 6.22. The third-order valence-electron chi connectivity index (χ3n) is 5.00. The number of hydrogen-bond donors (Lipinski definition) is 1. The first-order valence-corrected chi connectivity index (χ1v) is 11.5. The maximum absolute atomic E-state index is 13.0. The molecular formula is C21H24ClN3O5S. The van der Waals surface area contributed by atoms with E-state index < -0.39 is 15.9 Å². The van der Waals surface area contributed by atoms with E-state index in [-0.39, 0.29) is 34.5 Å². The van der Waals surface area contributed by atoms with Crippen molar-refractivity contribution in [2.24, 2.45) is 0 Å². The number of para-hydroxylation sites is 1. The summed E-state index contributed by atoms with van der Waals surface area (Å²) in [5, 5.41) is 2.92. The summed E-state index contributed by atoms with van der Waals surface area (Å²) in [5.74, 6) is -0.646. The number of halogens is 1. The zero-order chi connectivity index (χ0) is 22.6. The Kier molecular flexibility index (Phi) is 7.32. The number of ether oxygens (including phenoxy) is 1. The van der Waals surface area contributed by atoms with E-state index in [2.05, 4.69) is 5.32 Å². The van der Waals surface area contributed by atoms with Gasteiger partial charge in [-0.25, -0.2) is 8.42 Å². The molecule has 166 valence electrons. The molecule has 1 aliphatic rings. The predicted octanol–water partition coefficient (Wildman–Crippen LogP) is 2.59. The van der Waals surface area contributed by atoms with Crippen molar-refractivity contribution in [2.45, 2.75) is 18.4 Å². The predicted molar refractivity (Wildman–Crippen MR) is 118 cm³/mol. The molecule has 8 nitrogen and oxygen atoms in total. The molecule has 1 N–H and O–H groups in total. The van der Waals surface area contributed by atoms with Crippen molar-refractivity contribution in [3.63, 3.8) is 0 Å². The summed E-state index contributed by atoms with van der Waals surface area (Å²) in [5.41, 5.74) is 1.30. The molecular weight excluding hydrogens is 442 g/mol. The van der Waals surface area contributed by atoms with Crippen LogP contribution in [-0.4, -0.2) is 62.8 Å². The molecule has 0 bridgehead atoms. The number of sulfonamides is 1. The van der Waals surface area contributed by atoms with Gasteiger partial charge in [0.1, 0.15) is 0 Å².